The number of hydrogen-bond acceptors (Lipinski definition) is 1. The van der Waals surface area contributed by atoms with Crippen LogP contribution in [-0.2, 0) is 4.79 Å². The molecular formula is C14H22O. The molecule has 0 aromatic carbocycles. The molecule has 0 unspecified atom stereocenters. The Morgan fingerprint density at radius 2 is 1.67 bits per heavy atom. The van der Waals surface area contributed by atoms with Gasteiger partial charge < -0.3 is 0 Å². The van der Waals surface area contributed by atoms with Gasteiger partial charge in [0.2, 0.25) is 0 Å². The van der Waals surface area contributed by atoms with E-state index < -0.39 is 0 Å². The summed E-state index contributed by atoms with van der Waals surface area (Å²) >= 11 is 0. The largest absolute Gasteiger partial charge is 0.294 e. The van der Waals surface area contributed by atoms with Crippen molar-refractivity contribution >= 4 is 5.78 Å². The van der Waals surface area contributed by atoms with Crippen LogP contribution >= 0.6 is 0 Å². The highest BCUT2D eigenvalue weighted by Gasteiger charge is 2.17. The van der Waals surface area contributed by atoms with Gasteiger partial charge in [0.15, 0.2) is 5.78 Å². The Morgan fingerprint density at radius 1 is 1.07 bits per heavy atom. The van der Waals surface area contributed by atoms with Crippen LogP contribution in [0.1, 0.15) is 40.5 Å². The molecule has 15 heavy (non-hydrogen) atoms. The van der Waals surface area contributed by atoms with Crippen molar-refractivity contribution in [2.75, 3.05) is 0 Å². The zero-order valence-electron chi connectivity index (χ0n) is 10.3. The molecule has 84 valence electrons. The topological polar surface area (TPSA) is 17.1 Å². The van der Waals surface area contributed by atoms with Crippen LogP contribution in [0, 0.1) is 5.41 Å². The van der Waals surface area contributed by atoms with Crippen LogP contribution in [0.15, 0.2) is 36.5 Å². The standard InChI is InChI=1S/C14H22O/c1-5-6-7-8-9-10-11-12-13(15)14(2,3)4/h5-6,9-12H,7-8H2,1-4H3/b6-5+,10-9+,12-11+. The summed E-state index contributed by atoms with van der Waals surface area (Å²) in [6.45, 7) is 7.80. The first-order valence-corrected chi connectivity index (χ1v) is 5.47. The number of ketones is 1. The quantitative estimate of drug-likeness (QED) is 0.287. The maximum Gasteiger partial charge on any atom is 0.160 e. The van der Waals surface area contributed by atoms with Crippen molar-refractivity contribution in [1.29, 1.82) is 0 Å². The molecule has 0 aliphatic rings. The smallest absolute Gasteiger partial charge is 0.160 e. The maximum atomic E-state index is 11.5. The normalized spacial score (nSPS) is 13.3. The zero-order chi connectivity index (χ0) is 11.7. The third kappa shape index (κ3) is 7.92. The summed E-state index contributed by atoms with van der Waals surface area (Å²) in [5.74, 6) is 0.167. The molecule has 0 saturated heterocycles. The summed E-state index contributed by atoms with van der Waals surface area (Å²) in [5.41, 5.74) is -0.269. The minimum Gasteiger partial charge on any atom is -0.294 e. The molecule has 0 saturated carbocycles. The van der Waals surface area contributed by atoms with Gasteiger partial charge >= 0.3 is 0 Å². The third-order valence-electron chi connectivity index (χ3n) is 1.97. The Balaban J connectivity index is 3.85. The second kappa shape index (κ2) is 7.22. The van der Waals surface area contributed by atoms with Gasteiger partial charge in [-0.05, 0) is 25.8 Å². The van der Waals surface area contributed by atoms with E-state index in [4.69, 9.17) is 0 Å². The Hall–Kier alpha value is -1.11. The van der Waals surface area contributed by atoms with E-state index in [1.54, 1.807) is 6.08 Å². The van der Waals surface area contributed by atoms with E-state index in [2.05, 4.69) is 12.2 Å². The van der Waals surface area contributed by atoms with Crippen molar-refractivity contribution in [2.45, 2.75) is 40.5 Å². The Bertz CT molecular complexity index is 262. The minimum absolute atomic E-state index is 0.167. The fraction of sp³-hybridized carbons (Fsp3) is 0.500. The summed E-state index contributed by atoms with van der Waals surface area (Å²) in [6.07, 6.45) is 13.8. The summed E-state index contributed by atoms with van der Waals surface area (Å²) in [6, 6.07) is 0. The molecule has 0 amide bonds. The number of allylic oxidation sites excluding steroid dienone is 6. The number of rotatable bonds is 5. The average Bonchev–Trinajstić information content (AvgIpc) is 2.14. The molecule has 1 nitrogen and oxygen atoms in total. The van der Waals surface area contributed by atoms with Crippen LogP contribution < -0.4 is 0 Å². The van der Waals surface area contributed by atoms with E-state index in [1.807, 2.05) is 45.9 Å². The highest BCUT2D eigenvalue weighted by Crippen LogP contribution is 2.14. The molecule has 0 aromatic heterocycles. The second-order valence-corrected chi connectivity index (χ2v) is 4.55. The van der Waals surface area contributed by atoms with E-state index in [0.717, 1.165) is 12.8 Å². The van der Waals surface area contributed by atoms with Crippen molar-refractivity contribution in [3.63, 3.8) is 0 Å². The third-order valence-corrected chi connectivity index (χ3v) is 1.97. The SMILES string of the molecule is C/C=C/CC/C=C/C=C/C(=O)C(C)(C)C. The number of carbonyl (C=O) groups excluding carboxylic acids is 1. The van der Waals surface area contributed by atoms with Crippen LogP contribution in [0.5, 0.6) is 0 Å². The predicted molar refractivity (Wildman–Crippen MR) is 66.8 cm³/mol. The second-order valence-electron chi connectivity index (χ2n) is 4.55. The van der Waals surface area contributed by atoms with Crippen LogP contribution in [0.2, 0.25) is 0 Å². The van der Waals surface area contributed by atoms with Gasteiger partial charge in [0.25, 0.3) is 0 Å². The number of unbranched alkanes of at least 4 members (excludes halogenated alkanes) is 1. The van der Waals surface area contributed by atoms with Gasteiger partial charge in [-0.2, -0.15) is 0 Å². The molecule has 0 aliphatic heterocycles. The molecular weight excluding hydrogens is 184 g/mol. The van der Waals surface area contributed by atoms with E-state index >= 15 is 0 Å². The minimum atomic E-state index is -0.269. The lowest BCUT2D eigenvalue weighted by atomic mass is 9.91. The van der Waals surface area contributed by atoms with Gasteiger partial charge in [0.05, 0.1) is 0 Å². The van der Waals surface area contributed by atoms with E-state index in [-0.39, 0.29) is 11.2 Å². The van der Waals surface area contributed by atoms with Gasteiger partial charge in [0.1, 0.15) is 0 Å². The fourth-order valence-electron chi connectivity index (χ4n) is 0.927. The first kappa shape index (κ1) is 13.9. The van der Waals surface area contributed by atoms with Crippen LogP contribution in [-0.4, -0.2) is 5.78 Å². The number of carbonyl (C=O) groups is 1. The van der Waals surface area contributed by atoms with Crippen LogP contribution in [0.25, 0.3) is 0 Å². The van der Waals surface area contributed by atoms with Gasteiger partial charge in [-0.1, -0.05) is 51.2 Å². The lowest BCUT2D eigenvalue weighted by Gasteiger charge is -2.12. The molecule has 0 atom stereocenters. The first-order chi connectivity index (χ1) is 6.98. The van der Waals surface area contributed by atoms with E-state index in [0.29, 0.717) is 0 Å². The monoisotopic (exact) mass is 206 g/mol. The van der Waals surface area contributed by atoms with E-state index in [1.165, 1.54) is 0 Å². The van der Waals surface area contributed by atoms with Crippen molar-refractivity contribution in [2.24, 2.45) is 5.41 Å². The van der Waals surface area contributed by atoms with Crippen molar-refractivity contribution in [3.8, 4) is 0 Å². The Kier molecular flexibility index (Phi) is 6.68. The predicted octanol–water partition coefficient (Wildman–Crippen LogP) is 4.07. The van der Waals surface area contributed by atoms with Gasteiger partial charge in [0, 0.05) is 5.41 Å². The molecule has 0 fully saturated rings. The summed E-state index contributed by atoms with van der Waals surface area (Å²) in [7, 11) is 0. The Labute approximate surface area is 93.6 Å². The molecule has 0 radical (unpaired) electrons. The number of hydrogen-bond donors (Lipinski definition) is 0. The highest BCUT2D eigenvalue weighted by atomic mass is 16.1. The van der Waals surface area contributed by atoms with Crippen LogP contribution in [0.3, 0.4) is 0 Å². The molecule has 0 heterocycles. The van der Waals surface area contributed by atoms with Crippen molar-refractivity contribution in [1.82, 2.24) is 0 Å². The van der Waals surface area contributed by atoms with Crippen molar-refractivity contribution in [3.05, 3.63) is 36.5 Å². The molecule has 0 aromatic rings. The average molecular weight is 206 g/mol. The molecule has 0 bridgehead atoms. The van der Waals surface area contributed by atoms with Gasteiger partial charge in [-0.3, -0.25) is 4.79 Å². The van der Waals surface area contributed by atoms with Crippen LogP contribution in [0.4, 0.5) is 0 Å². The van der Waals surface area contributed by atoms with Gasteiger partial charge in [-0.15, -0.1) is 0 Å². The lowest BCUT2D eigenvalue weighted by molar-refractivity contribution is -0.121. The maximum absolute atomic E-state index is 11.5. The molecule has 0 spiro atoms. The highest BCUT2D eigenvalue weighted by molar-refractivity contribution is 5.94. The summed E-state index contributed by atoms with van der Waals surface area (Å²) < 4.78 is 0. The first-order valence-electron chi connectivity index (χ1n) is 5.47. The van der Waals surface area contributed by atoms with E-state index in [9.17, 15) is 4.79 Å². The van der Waals surface area contributed by atoms with Crippen molar-refractivity contribution < 1.29 is 4.79 Å². The fourth-order valence-corrected chi connectivity index (χ4v) is 0.927. The summed E-state index contributed by atoms with van der Waals surface area (Å²) in [5, 5.41) is 0. The zero-order valence-corrected chi connectivity index (χ0v) is 10.3. The summed E-state index contributed by atoms with van der Waals surface area (Å²) in [4.78, 5) is 11.5. The van der Waals surface area contributed by atoms with Gasteiger partial charge in [-0.25, -0.2) is 0 Å². The molecule has 1 heteroatoms. The lowest BCUT2D eigenvalue weighted by Crippen LogP contribution is -2.17. The molecule has 0 N–H and O–H groups in total. The Morgan fingerprint density at radius 3 is 2.20 bits per heavy atom. The molecule has 0 aliphatic carbocycles. The molecule has 0 rings (SSSR count).